The quantitative estimate of drug-likeness (QED) is 0.0759. The molecule has 0 saturated carbocycles. The van der Waals surface area contributed by atoms with Crippen LogP contribution in [0.2, 0.25) is 0 Å². The average Bonchev–Trinajstić information content (AvgIpc) is 3.20. The van der Waals surface area contributed by atoms with Crippen molar-refractivity contribution in [2.45, 2.75) is 103 Å². The van der Waals surface area contributed by atoms with Crippen LogP contribution in [0.1, 0.15) is 102 Å². The Morgan fingerprint density at radius 1 is 0.833 bits per heavy atom. The van der Waals surface area contributed by atoms with Gasteiger partial charge in [0.15, 0.2) is 0 Å². The number of carbonyl (C=O) groups is 2. The van der Waals surface area contributed by atoms with E-state index < -0.39 is 34.0 Å². The summed E-state index contributed by atoms with van der Waals surface area (Å²) >= 11 is 0. The molecule has 0 radical (unpaired) electrons. The van der Waals surface area contributed by atoms with Crippen LogP contribution in [0, 0.1) is 5.82 Å². The maximum Gasteiger partial charge on any atom is 0.239 e. The van der Waals surface area contributed by atoms with Gasteiger partial charge in [-0.05, 0) is 75.1 Å². The number of aliphatic hydroxyl groups is 2. The standard InChI is InChI=1S/C47H66FN5O6S/c1-7-8-9-10-11-12-13-14-15-16-17-18-19-20-21-22-23-24-25-26-44(57)52(4)34-33-49-43(56)36-41(55)35-40(54)31-32-42-45(37(2)3)50-47(53(5)60(6,58)59)51-46(42)38-27-29-39(48)30-28-38/h8-9,11-12,14-15,17-18,20-21,23-24,27-32,37,40-41,54-55H,7,10,13,16,19,22,25-26,33-36H2,1-6H3,(H,49,56). The van der Waals surface area contributed by atoms with Crippen molar-refractivity contribution in [3.8, 4) is 11.3 Å². The zero-order valence-corrected chi connectivity index (χ0v) is 37.0. The van der Waals surface area contributed by atoms with E-state index in [1.165, 1.54) is 37.4 Å². The Bertz CT molecular complexity index is 1940. The third-order valence-corrected chi connectivity index (χ3v) is 10.3. The molecule has 0 aliphatic heterocycles. The molecular weight excluding hydrogens is 782 g/mol. The Kier molecular flexibility index (Phi) is 24.3. The largest absolute Gasteiger partial charge is 0.392 e. The lowest BCUT2D eigenvalue weighted by Gasteiger charge is -2.20. The van der Waals surface area contributed by atoms with Gasteiger partial charge in [-0.25, -0.2) is 27.1 Å². The van der Waals surface area contributed by atoms with Gasteiger partial charge in [0.1, 0.15) is 5.82 Å². The third-order valence-electron chi connectivity index (χ3n) is 9.14. The minimum absolute atomic E-state index is 0.0376. The number of hydrogen-bond acceptors (Lipinski definition) is 8. The van der Waals surface area contributed by atoms with Gasteiger partial charge in [0.25, 0.3) is 0 Å². The molecule has 13 heteroatoms. The van der Waals surface area contributed by atoms with Gasteiger partial charge in [-0.2, -0.15) is 0 Å². The van der Waals surface area contributed by atoms with E-state index in [1.807, 2.05) is 26.0 Å². The van der Waals surface area contributed by atoms with Gasteiger partial charge in [0, 0.05) is 51.2 Å². The summed E-state index contributed by atoms with van der Waals surface area (Å²) in [4.78, 5) is 35.7. The number of nitrogens with one attached hydrogen (secondary N) is 1. The maximum atomic E-state index is 13.8. The second-order valence-corrected chi connectivity index (χ2v) is 16.7. The molecule has 2 rings (SSSR count). The lowest BCUT2D eigenvalue weighted by atomic mass is 9.97. The highest BCUT2D eigenvalue weighted by Crippen LogP contribution is 2.32. The maximum absolute atomic E-state index is 13.8. The van der Waals surface area contributed by atoms with Gasteiger partial charge in [0.2, 0.25) is 27.8 Å². The first-order valence-corrected chi connectivity index (χ1v) is 22.5. The summed E-state index contributed by atoms with van der Waals surface area (Å²) < 4.78 is 39.4. The molecule has 0 bridgehead atoms. The van der Waals surface area contributed by atoms with Crippen LogP contribution in [0.25, 0.3) is 17.3 Å². The molecule has 11 nitrogen and oxygen atoms in total. The number of likely N-dealkylation sites (N-methyl/N-ethyl adjacent to an activating group) is 1. The highest BCUT2D eigenvalue weighted by Gasteiger charge is 2.23. The number of anilines is 1. The van der Waals surface area contributed by atoms with Crippen molar-refractivity contribution in [2.24, 2.45) is 0 Å². The fourth-order valence-electron chi connectivity index (χ4n) is 5.66. The molecule has 2 atom stereocenters. The van der Waals surface area contributed by atoms with Gasteiger partial charge in [-0.1, -0.05) is 106 Å². The summed E-state index contributed by atoms with van der Waals surface area (Å²) in [5.74, 6) is -1.16. The first kappa shape index (κ1) is 51.2. The van der Waals surface area contributed by atoms with Gasteiger partial charge in [-0.3, -0.25) is 9.59 Å². The second kappa shape index (κ2) is 28.5. The Morgan fingerprint density at radius 2 is 1.37 bits per heavy atom. The van der Waals surface area contributed by atoms with Crippen molar-refractivity contribution in [3.05, 3.63) is 120 Å². The highest BCUT2D eigenvalue weighted by molar-refractivity contribution is 7.92. The molecule has 2 amide bonds. The fourth-order valence-corrected chi connectivity index (χ4v) is 6.03. The number of allylic oxidation sites excluding steroid dienone is 12. The van der Waals surface area contributed by atoms with E-state index >= 15 is 0 Å². The molecule has 328 valence electrons. The minimum Gasteiger partial charge on any atom is -0.392 e. The zero-order chi connectivity index (χ0) is 44.3. The van der Waals surface area contributed by atoms with Crippen molar-refractivity contribution in [3.63, 3.8) is 0 Å². The predicted molar refractivity (Wildman–Crippen MR) is 243 cm³/mol. The minimum atomic E-state index is -3.69. The van der Waals surface area contributed by atoms with Crippen LogP contribution in [0.4, 0.5) is 10.3 Å². The number of aliphatic hydroxyl groups excluding tert-OH is 2. The molecule has 2 unspecified atom stereocenters. The number of aromatic nitrogens is 2. The van der Waals surface area contributed by atoms with Crippen LogP contribution < -0.4 is 9.62 Å². The molecule has 0 aliphatic rings. The molecular formula is C47H66FN5O6S. The number of nitrogens with zero attached hydrogens (tertiary/aromatic N) is 4. The van der Waals surface area contributed by atoms with Gasteiger partial charge in [0.05, 0.1) is 36.3 Å². The van der Waals surface area contributed by atoms with Gasteiger partial charge in [-0.15, -0.1) is 0 Å². The summed E-state index contributed by atoms with van der Waals surface area (Å²) in [6, 6.07) is 5.57. The van der Waals surface area contributed by atoms with Crippen LogP contribution >= 0.6 is 0 Å². The van der Waals surface area contributed by atoms with Crippen molar-refractivity contribution in [2.75, 3.05) is 37.7 Å². The van der Waals surface area contributed by atoms with E-state index in [0.717, 1.165) is 49.1 Å². The topological polar surface area (TPSA) is 153 Å². The lowest BCUT2D eigenvalue weighted by Crippen LogP contribution is -2.37. The molecule has 1 heterocycles. The number of hydrogen-bond donors (Lipinski definition) is 3. The molecule has 1 aromatic carbocycles. The molecule has 2 aromatic rings. The Labute approximate surface area is 358 Å². The lowest BCUT2D eigenvalue weighted by molar-refractivity contribution is -0.130. The molecule has 0 fully saturated rings. The van der Waals surface area contributed by atoms with E-state index in [0.29, 0.717) is 41.9 Å². The monoisotopic (exact) mass is 847 g/mol. The molecule has 0 aliphatic carbocycles. The van der Waals surface area contributed by atoms with E-state index in [9.17, 15) is 32.6 Å². The van der Waals surface area contributed by atoms with E-state index in [-0.39, 0.29) is 37.2 Å². The Morgan fingerprint density at radius 3 is 1.88 bits per heavy atom. The summed E-state index contributed by atoms with van der Waals surface area (Å²) in [5, 5.41) is 24.1. The summed E-state index contributed by atoms with van der Waals surface area (Å²) in [7, 11) is -0.667. The molecule has 60 heavy (non-hydrogen) atoms. The van der Waals surface area contributed by atoms with Crippen LogP contribution in [0.5, 0.6) is 0 Å². The van der Waals surface area contributed by atoms with E-state index in [4.69, 9.17) is 0 Å². The number of carbonyl (C=O) groups excluding carboxylic acids is 2. The predicted octanol–water partition coefficient (Wildman–Crippen LogP) is 8.37. The number of benzene rings is 1. The first-order chi connectivity index (χ1) is 28.6. The normalized spacial score (nSPS) is 13.7. The van der Waals surface area contributed by atoms with Crippen molar-refractivity contribution in [1.82, 2.24) is 20.2 Å². The van der Waals surface area contributed by atoms with E-state index in [1.54, 1.807) is 18.0 Å². The summed E-state index contributed by atoms with van der Waals surface area (Å²) in [5.41, 5.74) is 1.83. The highest BCUT2D eigenvalue weighted by atomic mass is 32.2. The van der Waals surface area contributed by atoms with Crippen molar-refractivity contribution >= 4 is 33.9 Å². The molecule has 1 aromatic heterocycles. The number of halogens is 1. The first-order valence-electron chi connectivity index (χ1n) is 20.7. The molecule has 3 N–H and O–H groups in total. The van der Waals surface area contributed by atoms with Crippen LogP contribution in [0.15, 0.2) is 103 Å². The van der Waals surface area contributed by atoms with Crippen LogP contribution in [-0.4, -0.2) is 91.0 Å². The number of amides is 2. The fraction of sp³-hybridized carbons (Fsp3) is 0.447. The molecule has 0 spiro atoms. The van der Waals surface area contributed by atoms with Gasteiger partial charge < -0.3 is 20.4 Å². The Balaban J connectivity index is 1.76. The van der Waals surface area contributed by atoms with Crippen LogP contribution in [0.3, 0.4) is 0 Å². The van der Waals surface area contributed by atoms with Crippen LogP contribution in [-0.2, 0) is 19.6 Å². The Hall–Kier alpha value is -4.98. The summed E-state index contributed by atoms with van der Waals surface area (Å²) in [6.07, 6.45) is 33.7. The second-order valence-electron chi connectivity index (χ2n) is 14.7. The molecule has 0 saturated heterocycles. The zero-order valence-electron chi connectivity index (χ0n) is 36.2. The number of rotatable bonds is 27. The smallest absolute Gasteiger partial charge is 0.239 e. The average molecular weight is 848 g/mol. The SMILES string of the molecule is CCC=CCC=CCC=CCC=CCC=CCC=CCCC(=O)N(C)CCNC(=O)CC(O)CC(O)C=Cc1c(-c2ccc(F)cc2)nc(N(C)S(C)(=O)=O)nc1C(C)C. The van der Waals surface area contributed by atoms with Crippen molar-refractivity contribution < 1.29 is 32.6 Å². The third kappa shape index (κ3) is 20.8. The van der Waals surface area contributed by atoms with Crippen molar-refractivity contribution in [1.29, 1.82) is 0 Å². The van der Waals surface area contributed by atoms with E-state index in [2.05, 4.69) is 83.0 Å². The number of sulfonamides is 1. The van der Waals surface area contributed by atoms with Gasteiger partial charge >= 0.3 is 0 Å². The summed E-state index contributed by atoms with van der Waals surface area (Å²) in [6.45, 7) is 6.41.